The Morgan fingerprint density at radius 3 is 2.43 bits per heavy atom. The van der Waals surface area contributed by atoms with Crippen molar-refractivity contribution in [1.82, 2.24) is 4.72 Å². The molecule has 0 heterocycles. The predicted molar refractivity (Wildman–Crippen MR) is 91.9 cm³/mol. The van der Waals surface area contributed by atoms with E-state index in [9.17, 15) is 8.42 Å². The minimum atomic E-state index is -3.54. The second-order valence-electron chi connectivity index (χ2n) is 4.74. The van der Waals surface area contributed by atoms with E-state index in [0.717, 1.165) is 10.0 Å². The highest BCUT2D eigenvalue weighted by atomic mass is 79.9. The van der Waals surface area contributed by atoms with Crippen LogP contribution >= 0.6 is 31.9 Å². The normalized spacial score (nSPS) is 13.1. The average molecular weight is 433 g/mol. The highest BCUT2D eigenvalue weighted by Gasteiger charge is 2.19. The summed E-state index contributed by atoms with van der Waals surface area (Å²) in [5.74, 6) is 0.104. The van der Waals surface area contributed by atoms with Crippen molar-refractivity contribution in [1.29, 1.82) is 0 Å². The van der Waals surface area contributed by atoms with Crippen LogP contribution in [0.2, 0.25) is 0 Å². The summed E-state index contributed by atoms with van der Waals surface area (Å²) in [7, 11) is -3.54. The van der Waals surface area contributed by atoms with Crippen LogP contribution in [0.25, 0.3) is 0 Å². The molecule has 2 aromatic carbocycles. The second kappa shape index (κ2) is 7.05. The van der Waals surface area contributed by atoms with Gasteiger partial charge >= 0.3 is 0 Å². The third-order valence-electron chi connectivity index (χ3n) is 3.13. The number of sulfonamides is 1. The van der Waals surface area contributed by atoms with Gasteiger partial charge in [0, 0.05) is 15.5 Å². The first-order chi connectivity index (χ1) is 9.90. The van der Waals surface area contributed by atoms with Crippen molar-refractivity contribution in [2.24, 2.45) is 0 Å². The SMILES string of the molecule is CC(CNS(=O)(=O)c1cc(Br)ccc1Br)c1ccccc1. The molecular formula is C15H15Br2NO2S. The Hall–Kier alpha value is -0.690. The van der Waals surface area contributed by atoms with Crippen LogP contribution in [0.3, 0.4) is 0 Å². The van der Waals surface area contributed by atoms with Gasteiger partial charge in [0.1, 0.15) is 0 Å². The van der Waals surface area contributed by atoms with Crippen molar-refractivity contribution >= 4 is 41.9 Å². The lowest BCUT2D eigenvalue weighted by Gasteiger charge is -2.14. The summed E-state index contributed by atoms with van der Waals surface area (Å²) in [5.41, 5.74) is 1.11. The summed E-state index contributed by atoms with van der Waals surface area (Å²) in [6.07, 6.45) is 0. The molecule has 6 heteroatoms. The Morgan fingerprint density at radius 2 is 1.76 bits per heavy atom. The Morgan fingerprint density at radius 1 is 1.10 bits per heavy atom. The maximum atomic E-state index is 12.4. The van der Waals surface area contributed by atoms with E-state index >= 15 is 0 Å². The second-order valence-corrected chi connectivity index (χ2v) is 8.24. The van der Waals surface area contributed by atoms with Gasteiger partial charge < -0.3 is 0 Å². The lowest BCUT2D eigenvalue weighted by Crippen LogP contribution is -2.28. The smallest absolute Gasteiger partial charge is 0.211 e. The predicted octanol–water partition coefficient (Wildman–Crippen LogP) is 4.29. The molecule has 0 aliphatic carbocycles. The lowest BCUT2D eigenvalue weighted by molar-refractivity contribution is 0.574. The summed E-state index contributed by atoms with van der Waals surface area (Å²) < 4.78 is 28.7. The molecule has 112 valence electrons. The van der Waals surface area contributed by atoms with Crippen LogP contribution in [-0.2, 0) is 10.0 Å². The van der Waals surface area contributed by atoms with Crippen molar-refractivity contribution in [2.75, 3.05) is 6.54 Å². The number of benzene rings is 2. The van der Waals surface area contributed by atoms with Gasteiger partial charge in [-0.1, -0.05) is 53.2 Å². The molecule has 0 amide bonds. The van der Waals surface area contributed by atoms with Gasteiger partial charge in [-0.2, -0.15) is 0 Å². The number of nitrogens with one attached hydrogen (secondary N) is 1. The largest absolute Gasteiger partial charge is 0.241 e. The van der Waals surface area contributed by atoms with Crippen molar-refractivity contribution in [3.05, 3.63) is 63.0 Å². The van der Waals surface area contributed by atoms with Crippen LogP contribution in [0.4, 0.5) is 0 Å². The van der Waals surface area contributed by atoms with Crippen molar-refractivity contribution in [3.8, 4) is 0 Å². The molecule has 2 rings (SSSR count). The van der Waals surface area contributed by atoms with E-state index in [1.165, 1.54) is 0 Å². The Kier molecular flexibility index (Phi) is 5.60. The first-order valence-electron chi connectivity index (χ1n) is 6.40. The monoisotopic (exact) mass is 431 g/mol. The van der Waals surface area contributed by atoms with Crippen LogP contribution in [0.1, 0.15) is 18.4 Å². The van der Waals surface area contributed by atoms with Crippen molar-refractivity contribution < 1.29 is 8.42 Å². The lowest BCUT2D eigenvalue weighted by atomic mass is 10.0. The molecule has 1 unspecified atom stereocenters. The highest BCUT2D eigenvalue weighted by molar-refractivity contribution is 9.11. The Bertz CT molecular complexity index is 718. The zero-order chi connectivity index (χ0) is 15.5. The van der Waals surface area contributed by atoms with Gasteiger partial charge in [0.15, 0.2) is 0 Å². The summed E-state index contributed by atoms with van der Waals surface area (Å²) in [5, 5.41) is 0. The number of halogens is 2. The van der Waals surface area contributed by atoms with Crippen LogP contribution in [0.5, 0.6) is 0 Å². The molecular weight excluding hydrogens is 418 g/mol. The quantitative estimate of drug-likeness (QED) is 0.765. The Balaban J connectivity index is 2.13. The first-order valence-corrected chi connectivity index (χ1v) is 9.47. The number of rotatable bonds is 5. The fraction of sp³-hybridized carbons (Fsp3) is 0.200. The molecule has 0 bridgehead atoms. The summed E-state index contributed by atoms with van der Waals surface area (Å²) in [6.45, 7) is 2.35. The van der Waals surface area contributed by atoms with Gasteiger partial charge in [0.05, 0.1) is 4.90 Å². The minimum Gasteiger partial charge on any atom is -0.211 e. The fourth-order valence-corrected chi connectivity index (χ4v) is 4.53. The molecule has 0 radical (unpaired) electrons. The highest BCUT2D eigenvalue weighted by Crippen LogP contribution is 2.26. The van der Waals surface area contributed by atoms with Crippen molar-refractivity contribution in [2.45, 2.75) is 17.7 Å². The summed E-state index contributed by atoms with van der Waals surface area (Å²) in [4.78, 5) is 0.233. The van der Waals surface area contributed by atoms with Gasteiger partial charge in [0.2, 0.25) is 10.0 Å². The molecule has 1 atom stereocenters. The van der Waals surface area contributed by atoms with E-state index in [2.05, 4.69) is 36.6 Å². The van der Waals surface area contributed by atoms with Gasteiger partial charge in [-0.15, -0.1) is 0 Å². The molecule has 2 aromatic rings. The zero-order valence-electron chi connectivity index (χ0n) is 11.4. The molecule has 0 fully saturated rings. The maximum Gasteiger partial charge on any atom is 0.241 e. The van der Waals surface area contributed by atoms with E-state index in [4.69, 9.17) is 0 Å². The molecule has 1 N–H and O–H groups in total. The van der Waals surface area contributed by atoms with Crippen LogP contribution in [0, 0.1) is 0 Å². The van der Waals surface area contributed by atoms with E-state index in [1.807, 2.05) is 37.3 Å². The summed E-state index contributed by atoms with van der Waals surface area (Å²) in [6, 6.07) is 14.9. The van der Waals surface area contributed by atoms with Crippen LogP contribution < -0.4 is 4.72 Å². The first kappa shape index (κ1) is 16.7. The topological polar surface area (TPSA) is 46.2 Å². The average Bonchev–Trinajstić information content (AvgIpc) is 2.48. The van der Waals surface area contributed by atoms with Crippen molar-refractivity contribution in [3.63, 3.8) is 0 Å². The van der Waals surface area contributed by atoms with E-state index < -0.39 is 10.0 Å². The van der Waals surface area contributed by atoms with Gasteiger partial charge in [-0.05, 0) is 45.6 Å². The molecule has 0 saturated carbocycles. The van der Waals surface area contributed by atoms with E-state index in [-0.39, 0.29) is 10.8 Å². The number of hydrogen-bond donors (Lipinski definition) is 1. The van der Waals surface area contributed by atoms with Crippen LogP contribution in [-0.4, -0.2) is 15.0 Å². The Labute approximate surface area is 142 Å². The molecule has 0 spiro atoms. The third-order valence-corrected chi connectivity index (χ3v) is 6.04. The van der Waals surface area contributed by atoms with Gasteiger partial charge in [-0.25, -0.2) is 13.1 Å². The van der Waals surface area contributed by atoms with E-state index in [0.29, 0.717) is 11.0 Å². The molecule has 0 saturated heterocycles. The molecule has 3 nitrogen and oxygen atoms in total. The van der Waals surface area contributed by atoms with E-state index in [1.54, 1.807) is 18.2 Å². The standard InChI is InChI=1S/C15H15Br2NO2S/c1-11(12-5-3-2-4-6-12)10-18-21(19,20)15-9-13(16)7-8-14(15)17/h2-9,11,18H,10H2,1H3. The van der Waals surface area contributed by atoms with Crippen LogP contribution in [0.15, 0.2) is 62.4 Å². The van der Waals surface area contributed by atoms with Gasteiger partial charge in [-0.3, -0.25) is 0 Å². The maximum absolute atomic E-state index is 12.4. The zero-order valence-corrected chi connectivity index (χ0v) is 15.4. The molecule has 21 heavy (non-hydrogen) atoms. The molecule has 0 aliphatic heterocycles. The molecule has 0 aromatic heterocycles. The minimum absolute atomic E-state index is 0.104. The third kappa shape index (κ3) is 4.39. The molecule has 0 aliphatic rings. The summed E-state index contributed by atoms with van der Waals surface area (Å²) >= 11 is 6.57. The fourth-order valence-electron chi connectivity index (χ4n) is 1.90. The number of hydrogen-bond acceptors (Lipinski definition) is 2. The van der Waals surface area contributed by atoms with Gasteiger partial charge in [0.25, 0.3) is 0 Å².